The van der Waals surface area contributed by atoms with Crippen molar-refractivity contribution < 1.29 is 13.5 Å². The molecule has 3 N–H and O–H groups in total. The van der Waals surface area contributed by atoms with Crippen molar-refractivity contribution in [3.63, 3.8) is 0 Å². The molecule has 0 aromatic heterocycles. The number of aliphatic hydroxyl groups is 1. The van der Waals surface area contributed by atoms with Gasteiger partial charge in [0.1, 0.15) is 0 Å². The highest BCUT2D eigenvalue weighted by atomic mass is 32.2. The summed E-state index contributed by atoms with van der Waals surface area (Å²) in [5, 5.41) is 13.2. The van der Waals surface area contributed by atoms with Crippen molar-refractivity contribution in [2.45, 2.75) is 45.2 Å². The second-order valence-electron chi connectivity index (χ2n) is 6.64. The van der Waals surface area contributed by atoms with E-state index >= 15 is 0 Å². The summed E-state index contributed by atoms with van der Waals surface area (Å²) in [6, 6.07) is 7.86. The van der Waals surface area contributed by atoms with Crippen molar-refractivity contribution in [2.75, 3.05) is 17.6 Å². The molecule has 0 saturated heterocycles. The topological polar surface area (TPSA) is 78.4 Å². The van der Waals surface area contributed by atoms with Crippen molar-refractivity contribution in [3.05, 3.63) is 29.8 Å². The molecule has 1 aliphatic carbocycles. The number of benzene rings is 1. The Kier molecular flexibility index (Phi) is 5.14. The Bertz CT molecular complexity index is 600. The van der Waals surface area contributed by atoms with Gasteiger partial charge in [0.25, 0.3) is 0 Å². The summed E-state index contributed by atoms with van der Waals surface area (Å²) >= 11 is 0. The maximum absolute atomic E-state index is 11.2. The minimum absolute atomic E-state index is 0.0496. The monoisotopic (exact) mass is 326 g/mol. The maximum Gasteiger partial charge on any atom is 0.229 e. The summed E-state index contributed by atoms with van der Waals surface area (Å²) in [5.74, 6) is 0. The average molecular weight is 326 g/mol. The normalized spacial score (nSPS) is 26.8. The van der Waals surface area contributed by atoms with Gasteiger partial charge in [-0.2, -0.15) is 0 Å². The van der Waals surface area contributed by atoms with Gasteiger partial charge in [-0.05, 0) is 37.5 Å². The van der Waals surface area contributed by atoms with Crippen LogP contribution >= 0.6 is 0 Å². The molecule has 0 radical (unpaired) electrons. The molecule has 0 spiro atoms. The van der Waals surface area contributed by atoms with Gasteiger partial charge in [0, 0.05) is 29.8 Å². The third-order valence-corrected chi connectivity index (χ3v) is 5.21. The summed E-state index contributed by atoms with van der Waals surface area (Å²) in [7, 11) is -3.24. The Morgan fingerprint density at radius 2 is 2.00 bits per heavy atom. The van der Waals surface area contributed by atoms with Crippen LogP contribution in [0, 0.1) is 5.41 Å². The number of anilines is 1. The van der Waals surface area contributed by atoms with Crippen LogP contribution in [0.4, 0.5) is 5.69 Å². The summed E-state index contributed by atoms with van der Waals surface area (Å²) in [6.07, 6.45) is 4.40. The molecular formula is C16H26N2O3S. The lowest BCUT2D eigenvalue weighted by Crippen LogP contribution is -2.42. The van der Waals surface area contributed by atoms with E-state index in [2.05, 4.69) is 23.9 Å². The first kappa shape index (κ1) is 17.2. The molecule has 0 bridgehead atoms. The average Bonchev–Trinajstić information content (AvgIpc) is 2.80. The van der Waals surface area contributed by atoms with Crippen LogP contribution in [0.3, 0.4) is 0 Å². The molecule has 1 fully saturated rings. The summed E-state index contributed by atoms with van der Waals surface area (Å²) in [4.78, 5) is 0. The minimum Gasteiger partial charge on any atom is -0.396 e. The number of rotatable bonds is 6. The standard InChI is InChI=1S/C16H26N2O3S/c1-12(17-15-5-4-10-16(15,2)11-19)13-6-8-14(9-7-13)18-22(3,20)21/h6-9,12,15,17-19H,4-5,10-11H2,1-3H3. The van der Waals surface area contributed by atoms with Crippen molar-refractivity contribution in [1.29, 1.82) is 0 Å². The third-order valence-electron chi connectivity index (χ3n) is 4.61. The van der Waals surface area contributed by atoms with Crippen molar-refractivity contribution >= 4 is 15.7 Å². The van der Waals surface area contributed by atoms with Crippen molar-refractivity contribution in [3.8, 4) is 0 Å². The maximum atomic E-state index is 11.2. The van der Waals surface area contributed by atoms with Gasteiger partial charge in [-0.1, -0.05) is 25.5 Å². The first-order valence-corrected chi connectivity index (χ1v) is 9.57. The molecule has 1 aliphatic rings. The molecule has 0 aliphatic heterocycles. The summed E-state index contributed by atoms with van der Waals surface area (Å²) in [5.41, 5.74) is 1.62. The van der Waals surface area contributed by atoms with E-state index in [1.807, 2.05) is 12.1 Å². The number of nitrogens with one attached hydrogen (secondary N) is 2. The molecule has 0 heterocycles. The number of hydrogen-bond donors (Lipinski definition) is 3. The van der Waals surface area contributed by atoms with Crippen LogP contribution < -0.4 is 10.0 Å². The molecule has 1 aromatic rings. The fourth-order valence-electron chi connectivity index (χ4n) is 3.16. The zero-order valence-electron chi connectivity index (χ0n) is 13.5. The van der Waals surface area contributed by atoms with E-state index in [4.69, 9.17) is 0 Å². The van der Waals surface area contributed by atoms with Gasteiger partial charge >= 0.3 is 0 Å². The SMILES string of the molecule is CC(NC1CCCC1(C)CO)c1ccc(NS(C)(=O)=O)cc1. The van der Waals surface area contributed by atoms with E-state index in [-0.39, 0.29) is 18.1 Å². The predicted octanol–water partition coefficient (Wildman–Crippen LogP) is 2.26. The lowest BCUT2D eigenvalue weighted by atomic mass is 9.85. The van der Waals surface area contributed by atoms with Gasteiger partial charge in [-0.25, -0.2) is 8.42 Å². The van der Waals surface area contributed by atoms with Crippen LogP contribution in [0.15, 0.2) is 24.3 Å². The second-order valence-corrected chi connectivity index (χ2v) is 8.39. The zero-order chi connectivity index (χ0) is 16.4. The number of aliphatic hydroxyl groups excluding tert-OH is 1. The van der Waals surface area contributed by atoms with E-state index in [1.54, 1.807) is 12.1 Å². The first-order chi connectivity index (χ1) is 10.2. The molecule has 5 nitrogen and oxygen atoms in total. The molecule has 2 rings (SSSR count). The van der Waals surface area contributed by atoms with Crippen LogP contribution in [-0.4, -0.2) is 32.4 Å². The van der Waals surface area contributed by atoms with Crippen LogP contribution in [0.5, 0.6) is 0 Å². The molecule has 22 heavy (non-hydrogen) atoms. The Balaban J connectivity index is 2.02. The fraction of sp³-hybridized carbons (Fsp3) is 0.625. The van der Waals surface area contributed by atoms with Gasteiger partial charge in [-0.15, -0.1) is 0 Å². The molecule has 124 valence electrons. The zero-order valence-corrected chi connectivity index (χ0v) is 14.3. The van der Waals surface area contributed by atoms with Gasteiger partial charge in [0.05, 0.1) is 6.26 Å². The van der Waals surface area contributed by atoms with E-state index in [9.17, 15) is 13.5 Å². The van der Waals surface area contributed by atoms with Crippen LogP contribution in [-0.2, 0) is 10.0 Å². The quantitative estimate of drug-likeness (QED) is 0.749. The Labute approximate surface area is 133 Å². The lowest BCUT2D eigenvalue weighted by molar-refractivity contribution is 0.114. The fourth-order valence-corrected chi connectivity index (χ4v) is 3.72. The molecule has 3 atom stereocenters. The van der Waals surface area contributed by atoms with Crippen LogP contribution in [0.2, 0.25) is 0 Å². The van der Waals surface area contributed by atoms with E-state index in [1.165, 1.54) is 0 Å². The molecule has 6 heteroatoms. The van der Waals surface area contributed by atoms with E-state index < -0.39 is 10.0 Å². The van der Waals surface area contributed by atoms with Crippen molar-refractivity contribution in [1.82, 2.24) is 5.32 Å². The highest BCUT2D eigenvalue weighted by Crippen LogP contribution is 2.38. The van der Waals surface area contributed by atoms with Gasteiger partial charge in [0.15, 0.2) is 0 Å². The summed E-state index contributed by atoms with van der Waals surface area (Å²) in [6.45, 7) is 4.42. The molecule has 0 amide bonds. The highest BCUT2D eigenvalue weighted by molar-refractivity contribution is 7.92. The molecular weight excluding hydrogens is 300 g/mol. The minimum atomic E-state index is -3.24. The van der Waals surface area contributed by atoms with Crippen molar-refractivity contribution in [2.24, 2.45) is 5.41 Å². The first-order valence-electron chi connectivity index (χ1n) is 7.68. The highest BCUT2D eigenvalue weighted by Gasteiger charge is 2.38. The Morgan fingerprint density at radius 3 is 2.55 bits per heavy atom. The van der Waals surface area contributed by atoms with Gasteiger partial charge in [0.2, 0.25) is 10.0 Å². The van der Waals surface area contributed by atoms with Gasteiger partial charge in [-0.3, -0.25) is 4.72 Å². The van der Waals surface area contributed by atoms with Crippen LogP contribution in [0.25, 0.3) is 0 Å². The number of sulfonamides is 1. The second kappa shape index (κ2) is 6.56. The smallest absolute Gasteiger partial charge is 0.229 e. The Hall–Kier alpha value is -1.11. The molecule has 1 aromatic carbocycles. The summed E-state index contributed by atoms with van der Waals surface area (Å²) < 4.78 is 24.9. The predicted molar refractivity (Wildman–Crippen MR) is 89.3 cm³/mol. The largest absolute Gasteiger partial charge is 0.396 e. The van der Waals surface area contributed by atoms with Gasteiger partial charge < -0.3 is 10.4 Å². The van der Waals surface area contributed by atoms with Crippen LogP contribution in [0.1, 0.15) is 44.7 Å². The van der Waals surface area contributed by atoms with E-state index in [0.29, 0.717) is 11.7 Å². The molecule has 3 unspecified atom stereocenters. The Morgan fingerprint density at radius 1 is 1.36 bits per heavy atom. The lowest BCUT2D eigenvalue weighted by Gasteiger charge is -2.32. The molecule has 1 saturated carbocycles. The van der Waals surface area contributed by atoms with E-state index in [0.717, 1.165) is 31.1 Å². The number of hydrogen-bond acceptors (Lipinski definition) is 4. The third kappa shape index (κ3) is 4.21.